The fourth-order valence-corrected chi connectivity index (χ4v) is 1.51. The van der Waals surface area contributed by atoms with Gasteiger partial charge in [0, 0.05) is 0 Å². The number of aldehydes is 1. The Kier molecular flexibility index (Phi) is 2.25. The third-order valence-electron chi connectivity index (χ3n) is 2.17. The summed E-state index contributed by atoms with van der Waals surface area (Å²) in [5.74, 6) is 0.467. The van der Waals surface area contributed by atoms with Gasteiger partial charge in [-0.3, -0.25) is 9.36 Å². The number of aryl methyl sites for hydroxylation is 1. The molecule has 0 aliphatic carbocycles. The summed E-state index contributed by atoms with van der Waals surface area (Å²) >= 11 is 0. The molecule has 0 amide bonds. The molecule has 1 heterocycles. The molecule has 1 aromatic heterocycles. The van der Waals surface area contributed by atoms with Crippen LogP contribution in [0.3, 0.4) is 0 Å². The Balaban J connectivity index is 2.63. The molecular formula is C11H10N2O2. The quantitative estimate of drug-likeness (QED) is 0.754. The molecule has 0 aliphatic rings. The van der Waals surface area contributed by atoms with Crippen molar-refractivity contribution in [2.75, 3.05) is 0 Å². The molecule has 1 N–H and O–H groups in total. The van der Waals surface area contributed by atoms with E-state index in [0.29, 0.717) is 12.1 Å². The van der Waals surface area contributed by atoms with Crippen molar-refractivity contribution in [1.82, 2.24) is 9.55 Å². The van der Waals surface area contributed by atoms with Crippen LogP contribution >= 0.6 is 0 Å². The van der Waals surface area contributed by atoms with Crippen molar-refractivity contribution in [3.05, 3.63) is 41.9 Å². The van der Waals surface area contributed by atoms with E-state index in [1.165, 1.54) is 4.57 Å². The normalized spacial score (nSPS) is 10.2. The van der Waals surface area contributed by atoms with Crippen molar-refractivity contribution >= 4 is 6.29 Å². The molecule has 76 valence electrons. The highest BCUT2D eigenvalue weighted by atomic mass is 16.3. The summed E-state index contributed by atoms with van der Waals surface area (Å²) in [5.41, 5.74) is 0.851. The fourth-order valence-electron chi connectivity index (χ4n) is 1.51. The van der Waals surface area contributed by atoms with Crippen LogP contribution in [0.15, 0.2) is 30.3 Å². The molecule has 0 aliphatic heterocycles. The van der Waals surface area contributed by atoms with E-state index in [-0.39, 0.29) is 11.6 Å². The highest BCUT2D eigenvalue weighted by Gasteiger charge is 2.13. The first-order valence-corrected chi connectivity index (χ1v) is 4.53. The van der Waals surface area contributed by atoms with Crippen LogP contribution in [0.5, 0.6) is 5.88 Å². The summed E-state index contributed by atoms with van der Waals surface area (Å²) in [6.45, 7) is 1.74. The zero-order valence-corrected chi connectivity index (χ0v) is 8.21. The van der Waals surface area contributed by atoms with Crippen LogP contribution < -0.4 is 0 Å². The van der Waals surface area contributed by atoms with Gasteiger partial charge in [0.2, 0.25) is 5.88 Å². The second-order valence-electron chi connectivity index (χ2n) is 3.16. The van der Waals surface area contributed by atoms with Crippen LogP contribution in [0.4, 0.5) is 0 Å². The Morgan fingerprint density at radius 2 is 2.00 bits per heavy atom. The molecule has 4 nitrogen and oxygen atoms in total. The van der Waals surface area contributed by atoms with Crippen LogP contribution in [0.2, 0.25) is 0 Å². The number of carbonyl (C=O) groups excluding carboxylic acids is 1. The number of benzene rings is 1. The number of hydrogen-bond acceptors (Lipinski definition) is 3. The van der Waals surface area contributed by atoms with Gasteiger partial charge in [0.1, 0.15) is 5.82 Å². The lowest BCUT2D eigenvalue weighted by molar-refractivity contribution is 0.111. The van der Waals surface area contributed by atoms with Gasteiger partial charge in [-0.15, -0.1) is 0 Å². The van der Waals surface area contributed by atoms with E-state index in [0.717, 1.165) is 5.69 Å². The predicted molar refractivity (Wildman–Crippen MR) is 55.4 cm³/mol. The third kappa shape index (κ3) is 1.50. The van der Waals surface area contributed by atoms with Crippen molar-refractivity contribution in [2.24, 2.45) is 0 Å². The number of nitrogens with zero attached hydrogens (tertiary/aromatic N) is 2. The van der Waals surface area contributed by atoms with Crippen LogP contribution in [-0.4, -0.2) is 20.9 Å². The van der Waals surface area contributed by atoms with E-state index in [1.807, 2.05) is 30.3 Å². The van der Waals surface area contributed by atoms with Crippen LogP contribution in [0, 0.1) is 6.92 Å². The Bertz CT molecular complexity index is 489. The van der Waals surface area contributed by atoms with Gasteiger partial charge in [-0.25, -0.2) is 4.98 Å². The molecule has 1 aromatic carbocycles. The van der Waals surface area contributed by atoms with Crippen molar-refractivity contribution in [1.29, 1.82) is 0 Å². The third-order valence-corrected chi connectivity index (χ3v) is 2.17. The fraction of sp³-hybridized carbons (Fsp3) is 0.0909. The van der Waals surface area contributed by atoms with Gasteiger partial charge < -0.3 is 5.11 Å². The summed E-state index contributed by atoms with van der Waals surface area (Å²) in [4.78, 5) is 14.5. The van der Waals surface area contributed by atoms with Gasteiger partial charge in [0.15, 0.2) is 12.0 Å². The molecule has 4 heteroatoms. The molecule has 0 fully saturated rings. The van der Waals surface area contributed by atoms with Crippen LogP contribution in [0.25, 0.3) is 5.69 Å². The maximum Gasteiger partial charge on any atom is 0.227 e. The second kappa shape index (κ2) is 3.57. The molecule has 0 unspecified atom stereocenters. The molecular weight excluding hydrogens is 192 g/mol. The van der Waals surface area contributed by atoms with E-state index in [2.05, 4.69) is 4.98 Å². The highest BCUT2D eigenvalue weighted by molar-refractivity contribution is 5.76. The van der Waals surface area contributed by atoms with E-state index in [1.54, 1.807) is 6.92 Å². The SMILES string of the molecule is Cc1nc(C=O)c(O)n1-c1ccccc1. The van der Waals surface area contributed by atoms with E-state index < -0.39 is 0 Å². The zero-order valence-electron chi connectivity index (χ0n) is 8.21. The van der Waals surface area contributed by atoms with Gasteiger partial charge in [-0.2, -0.15) is 0 Å². The zero-order chi connectivity index (χ0) is 10.8. The lowest BCUT2D eigenvalue weighted by atomic mass is 10.3. The summed E-state index contributed by atoms with van der Waals surface area (Å²) in [5, 5.41) is 9.73. The number of rotatable bonds is 2. The number of carbonyl (C=O) groups is 1. The maximum absolute atomic E-state index is 10.6. The molecule has 0 atom stereocenters. The molecule has 0 spiro atoms. The largest absolute Gasteiger partial charge is 0.493 e. The first-order chi connectivity index (χ1) is 7.24. The predicted octanol–water partition coefficient (Wildman–Crippen LogP) is 1.70. The molecule has 0 saturated carbocycles. The van der Waals surface area contributed by atoms with Gasteiger partial charge >= 0.3 is 0 Å². The lowest BCUT2D eigenvalue weighted by Gasteiger charge is -2.05. The first kappa shape index (κ1) is 9.45. The average molecular weight is 202 g/mol. The van der Waals surface area contributed by atoms with Crippen molar-refractivity contribution in [3.8, 4) is 11.6 Å². The van der Waals surface area contributed by atoms with Crippen molar-refractivity contribution in [2.45, 2.75) is 6.92 Å². The smallest absolute Gasteiger partial charge is 0.227 e. The average Bonchev–Trinajstić information content (AvgIpc) is 2.55. The number of aromatic hydroxyl groups is 1. The highest BCUT2D eigenvalue weighted by Crippen LogP contribution is 2.22. The van der Waals surface area contributed by atoms with Gasteiger partial charge in [0.05, 0.1) is 5.69 Å². The molecule has 2 rings (SSSR count). The maximum atomic E-state index is 10.6. The summed E-state index contributed by atoms with van der Waals surface area (Å²) in [6, 6.07) is 9.27. The van der Waals surface area contributed by atoms with E-state index >= 15 is 0 Å². The van der Waals surface area contributed by atoms with Gasteiger partial charge in [-0.1, -0.05) is 18.2 Å². The van der Waals surface area contributed by atoms with E-state index in [4.69, 9.17) is 0 Å². The molecule has 0 radical (unpaired) electrons. The Hall–Kier alpha value is -2.10. The number of aromatic nitrogens is 2. The monoisotopic (exact) mass is 202 g/mol. The van der Waals surface area contributed by atoms with Gasteiger partial charge in [-0.05, 0) is 19.1 Å². The van der Waals surface area contributed by atoms with E-state index in [9.17, 15) is 9.90 Å². The summed E-state index contributed by atoms with van der Waals surface area (Å²) in [6.07, 6.45) is 0.543. The Labute approximate surface area is 86.8 Å². The summed E-state index contributed by atoms with van der Waals surface area (Å²) in [7, 11) is 0. The van der Waals surface area contributed by atoms with Gasteiger partial charge in [0.25, 0.3) is 0 Å². The number of hydrogen-bond donors (Lipinski definition) is 1. The minimum atomic E-state index is -0.117. The molecule has 15 heavy (non-hydrogen) atoms. The Morgan fingerprint density at radius 1 is 1.33 bits per heavy atom. The standard InChI is InChI=1S/C11H10N2O2/c1-8-12-10(7-14)11(15)13(8)9-5-3-2-4-6-9/h2-7,15H,1H3. The molecule has 0 saturated heterocycles. The summed E-state index contributed by atoms with van der Waals surface area (Å²) < 4.78 is 1.53. The number of imidazole rings is 1. The van der Waals surface area contributed by atoms with Crippen molar-refractivity contribution < 1.29 is 9.90 Å². The van der Waals surface area contributed by atoms with Crippen LogP contribution in [-0.2, 0) is 0 Å². The lowest BCUT2D eigenvalue weighted by Crippen LogP contribution is -1.95. The molecule has 2 aromatic rings. The minimum Gasteiger partial charge on any atom is -0.493 e. The topological polar surface area (TPSA) is 55.1 Å². The first-order valence-electron chi connectivity index (χ1n) is 4.53. The Morgan fingerprint density at radius 3 is 2.53 bits per heavy atom. The molecule has 0 bridgehead atoms. The van der Waals surface area contributed by atoms with Crippen LogP contribution in [0.1, 0.15) is 16.3 Å². The van der Waals surface area contributed by atoms with Crippen molar-refractivity contribution in [3.63, 3.8) is 0 Å². The number of para-hydroxylation sites is 1. The second-order valence-corrected chi connectivity index (χ2v) is 3.16. The minimum absolute atomic E-state index is 0.0661.